The number of nitrogens with zero attached hydrogens (tertiary/aromatic N) is 2. The van der Waals surface area contributed by atoms with Crippen molar-refractivity contribution in [3.05, 3.63) is 66.4 Å². The maximum atomic E-state index is 4.65. The van der Waals surface area contributed by atoms with Gasteiger partial charge in [-0.05, 0) is 37.6 Å². The van der Waals surface area contributed by atoms with Crippen LogP contribution in [0.2, 0.25) is 0 Å². The number of benzene rings is 2. The van der Waals surface area contributed by atoms with E-state index in [0.29, 0.717) is 6.04 Å². The van der Waals surface area contributed by atoms with E-state index in [1.54, 1.807) is 0 Å². The summed E-state index contributed by atoms with van der Waals surface area (Å²) >= 11 is 0. The van der Waals surface area contributed by atoms with Gasteiger partial charge >= 0.3 is 0 Å². The molecule has 1 N–H and O–H groups in total. The molecule has 0 aliphatic carbocycles. The Morgan fingerprint density at radius 3 is 2.70 bits per heavy atom. The highest BCUT2D eigenvalue weighted by Crippen LogP contribution is 2.30. The van der Waals surface area contributed by atoms with Crippen molar-refractivity contribution < 1.29 is 0 Å². The second-order valence-corrected chi connectivity index (χ2v) is 6.24. The smallest absolute Gasteiger partial charge is 0.0726 e. The largest absolute Gasteiger partial charge is 0.380 e. The van der Waals surface area contributed by atoms with Crippen LogP contribution in [0.3, 0.4) is 0 Å². The summed E-state index contributed by atoms with van der Waals surface area (Å²) in [5.41, 5.74) is 4.68. The number of anilines is 2. The number of fused-ring (bicyclic) bond motifs is 1. The second-order valence-electron chi connectivity index (χ2n) is 6.24. The maximum absolute atomic E-state index is 4.65. The van der Waals surface area contributed by atoms with Gasteiger partial charge in [0.25, 0.3) is 0 Å². The molecular weight excluding hydrogens is 282 g/mol. The number of aryl methyl sites for hydroxylation is 1. The summed E-state index contributed by atoms with van der Waals surface area (Å²) in [6.07, 6.45) is 1.16. The van der Waals surface area contributed by atoms with Crippen molar-refractivity contribution in [1.29, 1.82) is 0 Å². The van der Waals surface area contributed by atoms with Crippen LogP contribution in [0.4, 0.5) is 11.4 Å². The number of pyridine rings is 1. The van der Waals surface area contributed by atoms with Crippen LogP contribution in [-0.4, -0.2) is 24.1 Å². The maximum Gasteiger partial charge on any atom is 0.0726 e. The molecule has 2 heterocycles. The van der Waals surface area contributed by atoms with Crippen LogP contribution in [0.15, 0.2) is 60.7 Å². The summed E-state index contributed by atoms with van der Waals surface area (Å²) in [6, 6.07) is 21.6. The molecule has 0 amide bonds. The molecule has 1 unspecified atom stereocenters. The summed E-state index contributed by atoms with van der Waals surface area (Å²) in [5.74, 6) is 0. The monoisotopic (exact) mass is 303 g/mol. The normalized spacial score (nSPS) is 17.6. The second kappa shape index (κ2) is 5.92. The Morgan fingerprint density at radius 2 is 1.83 bits per heavy atom. The van der Waals surface area contributed by atoms with Crippen molar-refractivity contribution in [2.24, 2.45) is 0 Å². The Bertz CT molecular complexity index is 813. The zero-order valence-corrected chi connectivity index (χ0v) is 13.4. The van der Waals surface area contributed by atoms with Crippen molar-refractivity contribution in [2.75, 3.05) is 23.3 Å². The molecule has 1 aromatic heterocycles. The van der Waals surface area contributed by atoms with Gasteiger partial charge in [-0.3, -0.25) is 4.98 Å². The minimum Gasteiger partial charge on any atom is -0.380 e. The molecule has 0 bridgehead atoms. The SMILES string of the molecule is Cc1cc(N2CCC(Nc3ccccc3)C2)c2ccccc2n1. The molecule has 1 atom stereocenters. The van der Waals surface area contributed by atoms with E-state index in [1.165, 1.54) is 16.8 Å². The summed E-state index contributed by atoms with van der Waals surface area (Å²) in [7, 11) is 0. The van der Waals surface area contributed by atoms with Gasteiger partial charge < -0.3 is 10.2 Å². The molecular formula is C20H21N3. The number of hydrogen-bond donors (Lipinski definition) is 1. The quantitative estimate of drug-likeness (QED) is 0.784. The lowest BCUT2D eigenvalue weighted by atomic mass is 10.1. The van der Waals surface area contributed by atoms with Gasteiger partial charge in [-0.1, -0.05) is 36.4 Å². The fourth-order valence-electron chi connectivity index (χ4n) is 3.41. The zero-order chi connectivity index (χ0) is 15.6. The molecule has 23 heavy (non-hydrogen) atoms. The van der Waals surface area contributed by atoms with E-state index in [2.05, 4.69) is 82.8 Å². The molecule has 2 aromatic carbocycles. The van der Waals surface area contributed by atoms with Crippen LogP contribution >= 0.6 is 0 Å². The highest BCUT2D eigenvalue weighted by atomic mass is 15.2. The van der Waals surface area contributed by atoms with E-state index in [4.69, 9.17) is 0 Å². The summed E-state index contributed by atoms with van der Waals surface area (Å²) < 4.78 is 0. The van der Waals surface area contributed by atoms with Crippen LogP contribution < -0.4 is 10.2 Å². The standard InChI is InChI=1S/C20H21N3/c1-15-13-20(18-9-5-6-10-19(18)21-15)23-12-11-17(14-23)22-16-7-3-2-4-8-16/h2-10,13,17,22H,11-12,14H2,1H3. The molecule has 0 saturated carbocycles. The van der Waals surface area contributed by atoms with E-state index in [9.17, 15) is 0 Å². The van der Waals surface area contributed by atoms with Gasteiger partial charge in [-0.2, -0.15) is 0 Å². The first-order valence-corrected chi connectivity index (χ1v) is 8.22. The van der Waals surface area contributed by atoms with Gasteiger partial charge in [-0.25, -0.2) is 0 Å². The molecule has 1 fully saturated rings. The van der Waals surface area contributed by atoms with Gasteiger partial charge in [0.1, 0.15) is 0 Å². The summed E-state index contributed by atoms with van der Waals surface area (Å²) in [5, 5.41) is 4.89. The number of rotatable bonds is 3. The summed E-state index contributed by atoms with van der Waals surface area (Å²) in [4.78, 5) is 7.14. The predicted octanol–water partition coefficient (Wildman–Crippen LogP) is 4.23. The van der Waals surface area contributed by atoms with Gasteiger partial charge in [0, 0.05) is 41.6 Å². The molecule has 4 rings (SSSR count). The van der Waals surface area contributed by atoms with E-state index in [0.717, 1.165) is 30.7 Å². The van der Waals surface area contributed by atoms with Gasteiger partial charge in [-0.15, -0.1) is 0 Å². The molecule has 1 aliphatic heterocycles. The first-order valence-electron chi connectivity index (χ1n) is 8.22. The highest BCUT2D eigenvalue weighted by molar-refractivity contribution is 5.92. The molecule has 1 saturated heterocycles. The van der Waals surface area contributed by atoms with Gasteiger partial charge in [0.2, 0.25) is 0 Å². The molecule has 1 aliphatic rings. The van der Waals surface area contributed by atoms with Crippen molar-refractivity contribution >= 4 is 22.3 Å². The fraction of sp³-hybridized carbons (Fsp3) is 0.250. The van der Waals surface area contributed by atoms with E-state index < -0.39 is 0 Å². The van der Waals surface area contributed by atoms with Crippen molar-refractivity contribution in [1.82, 2.24) is 4.98 Å². The molecule has 3 nitrogen and oxygen atoms in total. The van der Waals surface area contributed by atoms with E-state index in [1.807, 2.05) is 0 Å². The molecule has 116 valence electrons. The minimum atomic E-state index is 0.490. The lowest BCUT2D eigenvalue weighted by Crippen LogP contribution is -2.26. The predicted molar refractivity (Wildman–Crippen MR) is 97.2 cm³/mol. The average Bonchev–Trinajstić information content (AvgIpc) is 3.03. The Hall–Kier alpha value is -2.55. The number of hydrogen-bond acceptors (Lipinski definition) is 3. The third-order valence-corrected chi connectivity index (χ3v) is 4.50. The van der Waals surface area contributed by atoms with Gasteiger partial charge in [0.15, 0.2) is 0 Å². The third kappa shape index (κ3) is 2.87. The first-order chi connectivity index (χ1) is 11.3. The van der Waals surface area contributed by atoms with Crippen LogP contribution in [0.25, 0.3) is 10.9 Å². The fourth-order valence-corrected chi connectivity index (χ4v) is 3.41. The Kier molecular flexibility index (Phi) is 3.62. The van der Waals surface area contributed by atoms with Crippen molar-refractivity contribution in [3.63, 3.8) is 0 Å². The summed E-state index contributed by atoms with van der Waals surface area (Å²) in [6.45, 7) is 4.19. The molecule has 0 spiro atoms. The molecule has 3 heteroatoms. The van der Waals surface area contributed by atoms with Crippen molar-refractivity contribution in [2.45, 2.75) is 19.4 Å². The van der Waals surface area contributed by atoms with Crippen LogP contribution in [0.1, 0.15) is 12.1 Å². The topological polar surface area (TPSA) is 28.2 Å². The number of para-hydroxylation sites is 2. The third-order valence-electron chi connectivity index (χ3n) is 4.50. The Morgan fingerprint density at radius 1 is 1.04 bits per heavy atom. The lowest BCUT2D eigenvalue weighted by Gasteiger charge is -2.21. The molecule has 0 radical (unpaired) electrons. The Balaban J connectivity index is 1.58. The van der Waals surface area contributed by atoms with Crippen LogP contribution in [0, 0.1) is 6.92 Å². The van der Waals surface area contributed by atoms with Crippen molar-refractivity contribution in [3.8, 4) is 0 Å². The number of aromatic nitrogens is 1. The zero-order valence-electron chi connectivity index (χ0n) is 13.4. The van der Waals surface area contributed by atoms with E-state index in [-0.39, 0.29) is 0 Å². The van der Waals surface area contributed by atoms with Crippen LogP contribution in [0.5, 0.6) is 0 Å². The minimum absolute atomic E-state index is 0.490. The van der Waals surface area contributed by atoms with Crippen LogP contribution in [-0.2, 0) is 0 Å². The lowest BCUT2D eigenvalue weighted by molar-refractivity contribution is 0.807. The first kappa shape index (κ1) is 14.1. The number of nitrogens with one attached hydrogen (secondary N) is 1. The Labute approximate surface area is 137 Å². The average molecular weight is 303 g/mol. The van der Waals surface area contributed by atoms with Gasteiger partial charge in [0.05, 0.1) is 5.52 Å². The van der Waals surface area contributed by atoms with E-state index >= 15 is 0 Å². The molecule has 3 aromatic rings. The highest BCUT2D eigenvalue weighted by Gasteiger charge is 2.24.